The monoisotopic (exact) mass is 522 g/mol. The van der Waals surface area contributed by atoms with E-state index in [1.807, 2.05) is 24.3 Å². The van der Waals surface area contributed by atoms with Gasteiger partial charge in [0, 0.05) is 52.3 Å². The first kappa shape index (κ1) is 24.8. The molecule has 0 bridgehead atoms. The predicted molar refractivity (Wildman–Crippen MR) is 144 cm³/mol. The number of aromatic amines is 1. The molecule has 0 saturated carbocycles. The largest absolute Gasteiger partial charge is 0.338 e. The van der Waals surface area contributed by atoms with Crippen LogP contribution in [0.1, 0.15) is 20.7 Å². The van der Waals surface area contributed by atoms with E-state index in [9.17, 15) is 29.8 Å². The van der Waals surface area contributed by atoms with Gasteiger partial charge >= 0.3 is 0 Å². The van der Waals surface area contributed by atoms with Gasteiger partial charge in [-0.1, -0.05) is 12.1 Å². The van der Waals surface area contributed by atoms with E-state index in [-0.39, 0.29) is 22.5 Å². The summed E-state index contributed by atoms with van der Waals surface area (Å²) in [6.45, 7) is 0. The second-order valence-electron chi connectivity index (χ2n) is 8.42. The molecule has 192 valence electrons. The molecule has 4 aromatic carbocycles. The Morgan fingerprint density at radius 3 is 1.64 bits per heavy atom. The van der Waals surface area contributed by atoms with E-state index in [1.54, 1.807) is 18.2 Å². The maximum Gasteiger partial charge on any atom is 0.269 e. The van der Waals surface area contributed by atoms with E-state index >= 15 is 0 Å². The lowest BCUT2D eigenvalue weighted by Crippen LogP contribution is -2.14. The molecular weight excluding hydrogens is 504 g/mol. The van der Waals surface area contributed by atoms with Crippen LogP contribution in [0.3, 0.4) is 0 Å². The van der Waals surface area contributed by atoms with Crippen molar-refractivity contribution in [2.24, 2.45) is 0 Å². The number of amides is 2. The molecule has 0 fully saturated rings. The van der Waals surface area contributed by atoms with E-state index in [2.05, 4.69) is 20.6 Å². The number of benzene rings is 4. The first-order chi connectivity index (χ1) is 18.8. The molecule has 5 aromatic rings. The Bertz CT molecular complexity index is 1620. The number of imidazole rings is 1. The minimum Gasteiger partial charge on any atom is -0.338 e. The number of nitrogens with one attached hydrogen (secondary N) is 3. The normalized spacial score (nSPS) is 10.7. The molecule has 12 heteroatoms. The van der Waals surface area contributed by atoms with Crippen LogP contribution in [0.15, 0.2) is 91.0 Å². The highest BCUT2D eigenvalue weighted by Crippen LogP contribution is 2.28. The summed E-state index contributed by atoms with van der Waals surface area (Å²) >= 11 is 0. The first-order valence-electron chi connectivity index (χ1n) is 11.5. The van der Waals surface area contributed by atoms with Crippen LogP contribution in [-0.2, 0) is 0 Å². The van der Waals surface area contributed by atoms with Crippen LogP contribution in [0.4, 0.5) is 22.7 Å². The molecule has 0 radical (unpaired) electrons. The molecular formula is C27H18N6O6. The molecule has 1 aromatic heterocycles. The SMILES string of the molecule is O=C(Nc1cc(NC(=O)c2ccc([N+](=O)[O-])cc2)cc(-c2nc3ccccc3[nH]2)c1)c1ccc([N+](=O)[O-])cc1. The van der Waals surface area contributed by atoms with Crippen LogP contribution >= 0.6 is 0 Å². The zero-order valence-electron chi connectivity index (χ0n) is 20.0. The zero-order valence-corrected chi connectivity index (χ0v) is 20.0. The van der Waals surface area contributed by atoms with Gasteiger partial charge in [0.15, 0.2) is 0 Å². The number of anilines is 2. The summed E-state index contributed by atoms with van der Waals surface area (Å²) in [6, 6.07) is 22.6. The van der Waals surface area contributed by atoms with Crippen LogP contribution in [0, 0.1) is 20.2 Å². The summed E-state index contributed by atoms with van der Waals surface area (Å²) in [4.78, 5) is 54.3. The number of rotatable bonds is 7. The third-order valence-electron chi connectivity index (χ3n) is 5.79. The number of fused-ring (bicyclic) bond motifs is 1. The quantitative estimate of drug-likeness (QED) is 0.185. The van der Waals surface area contributed by atoms with Crippen molar-refractivity contribution in [1.82, 2.24) is 9.97 Å². The predicted octanol–water partition coefficient (Wildman–Crippen LogP) is 5.55. The lowest BCUT2D eigenvalue weighted by atomic mass is 10.1. The number of nitrogens with zero attached hydrogens (tertiary/aromatic N) is 3. The number of hydrogen-bond acceptors (Lipinski definition) is 7. The summed E-state index contributed by atoms with van der Waals surface area (Å²) in [5.41, 5.74) is 2.85. The van der Waals surface area contributed by atoms with Gasteiger partial charge in [-0.15, -0.1) is 0 Å². The molecule has 0 aliphatic rings. The number of carbonyl (C=O) groups excluding carboxylic acids is 2. The van der Waals surface area contributed by atoms with Gasteiger partial charge in [0.25, 0.3) is 23.2 Å². The van der Waals surface area contributed by atoms with E-state index in [1.165, 1.54) is 48.5 Å². The van der Waals surface area contributed by atoms with Crippen molar-refractivity contribution in [3.05, 3.63) is 122 Å². The summed E-state index contributed by atoms with van der Waals surface area (Å²) in [5, 5.41) is 27.3. The van der Waals surface area contributed by atoms with Gasteiger partial charge in [-0.05, 0) is 54.6 Å². The number of aromatic nitrogens is 2. The van der Waals surface area contributed by atoms with Crippen molar-refractivity contribution in [3.63, 3.8) is 0 Å². The molecule has 2 amide bonds. The Morgan fingerprint density at radius 2 is 1.18 bits per heavy atom. The summed E-state index contributed by atoms with van der Waals surface area (Å²) in [7, 11) is 0. The topological polar surface area (TPSA) is 173 Å². The highest BCUT2D eigenvalue weighted by Gasteiger charge is 2.15. The average molecular weight is 522 g/mol. The molecule has 5 rings (SSSR count). The summed E-state index contributed by atoms with van der Waals surface area (Å²) in [6.07, 6.45) is 0. The van der Waals surface area contributed by atoms with Gasteiger partial charge in [-0.3, -0.25) is 29.8 Å². The lowest BCUT2D eigenvalue weighted by molar-refractivity contribution is -0.385. The van der Waals surface area contributed by atoms with Crippen LogP contribution in [0.2, 0.25) is 0 Å². The third kappa shape index (κ3) is 5.44. The van der Waals surface area contributed by atoms with E-state index in [4.69, 9.17) is 0 Å². The second kappa shape index (κ2) is 10.2. The fourth-order valence-electron chi connectivity index (χ4n) is 3.87. The van der Waals surface area contributed by atoms with E-state index in [0.717, 1.165) is 11.0 Å². The standard InChI is InChI=1S/C27H18N6O6/c34-26(16-5-9-21(10-6-16)32(36)37)28-19-13-18(25-30-23-3-1-2-4-24(23)31-25)14-20(15-19)29-27(35)17-7-11-22(12-8-17)33(38)39/h1-15H,(H,28,34)(H,29,35)(H,30,31). The fourth-order valence-corrected chi connectivity index (χ4v) is 3.87. The number of nitro groups is 2. The number of nitro benzene ring substituents is 2. The Hall–Kier alpha value is -5.91. The fraction of sp³-hybridized carbons (Fsp3) is 0. The number of non-ortho nitro benzene ring substituents is 2. The van der Waals surface area contributed by atoms with Crippen molar-refractivity contribution in [1.29, 1.82) is 0 Å². The van der Waals surface area contributed by atoms with Gasteiger partial charge in [-0.2, -0.15) is 0 Å². The van der Waals surface area contributed by atoms with Gasteiger partial charge in [0.2, 0.25) is 0 Å². The molecule has 0 atom stereocenters. The second-order valence-corrected chi connectivity index (χ2v) is 8.42. The highest BCUT2D eigenvalue weighted by atomic mass is 16.6. The Balaban J connectivity index is 1.47. The Labute approximate surface area is 219 Å². The highest BCUT2D eigenvalue weighted by molar-refractivity contribution is 6.07. The van der Waals surface area contributed by atoms with Crippen molar-refractivity contribution in [2.45, 2.75) is 0 Å². The van der Waals surface area contributed by atoms with E-state index in [0.29, 0.717) is 22.8 Å². The zero-order chi connectivity index (χ0) is 27.5. The number of para-hydroxylation sites is 2. The molecule has 0 aliphatic heterocycles. The van der Waals surface area contributed by atoms with Crippen LogP contribution in [0.5, 0.6) is 0 Å². The van der Waals surface area contributed by atoms with Crippen molar-refractivity contribution >= 4 is 45.6 Å². The molecule has 12 nitrogen and oxygen atoms in total. The minimum atomic E-state index is -0.557. The summed E-state index contributed by atoms with van der Waals surface area (Å²) in [5.74, 6) is -0.535. The number of H-pyrrole nitrogens is 1. The van der Waals surface area contributed by atoms with Crippen LogP contribution in [-0.4, -0.2) is 31.6 Å². The van der Waals surface area contributed by atoms with Crippen LogP contribution in [0.25, 0.3) is 22.4 Å². The van der Waals surface area contributed by atoms with Crippen LogP contribution < -0.4 is 10.6 Å². The van der Waals surface area contributed by atoms with Gasteiger partial charge < -0.3 is 15.6 Å². The Morgan fingerprint density at radius 1 is 0.692 bits per heavy atom. The molecule has 0 spiro atoms. The van der Waals surface area contributed by atoms with Crippen molar-refractivity contribution in [3.8, 4) is 11.4 Å². The molecule has 0 unspecified atom stereocenters. The third-order valence-corrected chi connectivity index (χ3v) is 5.79. The lowest BCUT2D eigenvalue weighted by Gasteiger charge is -2.12. The molecule has 39 heavy (non-hydrogen) atoms. The Kier molecular flexibility index (Phi) is 6.49. The number of carbonyl (C=O) groups is 2. The molecule has 3 N–H and O–H groups in total. The maximum absolute atomic E-state index is 12.9. The molecule has 0 saturated heterocycles. The van der Waals surface area contributed by atoms with Gasteiger partial charge in [0.05, 0.1) is 20.9 Å². The van der Waals surface area contributed by atoms with Crippen molar-refractivity contribution < 1.29 is 19.4 Å². The summed E-state index contributed by atoms with van der Waals surface area (Å²) < 4.78 is 0. The maximum atomic E-state index is 12.9. The minimum absolute atomic E-state index is 0.144. The smallest absolute Gasteiger partial charge is 0.269 e. The van der Waals surface area contributed by atoms with Gasteiger partial charge in [0.1, 0.15) is 5.82 Å². The first-order valence-corrected chi connectivity index (χ1v) is 11.5. The number of hydrogen-bond donors (Lipinski definition) is 3. The molecule has 1 heterocycles. The molecule has 0 aliphatic carbocycles. The average Bonchev–Trinajstić information content (AvgIpc) is 3.37. The van der Waals surface area contributed by atoms with E-state index < -0.39 is 21.7 Å². The van der Waals surface area contributed by atoms with Gasteiger partial charge in [-0.25, -0.2) is 4.98 Å². The van der Waals surface area contributed by atoms with Crippen molar-refractivity contribution in [2.75, 3.05) is 10.6 Å².